The predicted molar refractivity (Wildman–Crippen MR) is 53.7 cm³/mol. The second-order valence-electron chi connectivity index (χ2n) is 3.15. The van der Waals surface area contributed by atoms with E-state index < -0.39 is 6.04 Å². The summed E-state index contributed by atoms with van der Waals surface area (Å²) in [6.45, 7) is 2.87. The predicted octanol–water partition coefficient (Wildman–Crippen LogP) is 1.45. The fourth-order valence-corrected chi connectivity index (χ4v) is 1.27. The van der Waals surface area contributed by atoms with E-state index in [1.54, 1.807) is 0 Å². The van der Waals surface area contributed by atoms with E-state index in [1.807, 2.05) is 30.3 Å². The standard InChI is InChI=1S/C11H13NO2/c1-8(13)11(12-9(2)14)10-6-4-3-5-7-10/h3-7,11H,1-2H3,(H,12,14). The molecule has 0 aliphatic carbocycles. The van der Waals surface area contributed by atoms with Crippen molar-refractivity contribution in [3.8, 4) is 0 Å². The molecule has 0 fully saturated rings. The summed E-state index contributed by atoms with van der Waals surface area (Å²) in [7, 11) is 0. The molecule has 14 heavy (non-hydrogen) atoms. The SMILES string of the molecule is CC(=O)NC(C(C)=O)c1ccccc1. The second kappa shape index (κ2) is 4.56. The molecule has 1 N–H and O–H groups in total. The van der Waals surface area contributed by atoms with Crippen molar-refractivity contribution in [2.45, 2.75) is 19.9 Å². The van der Waals surface area contributed by atoms with E-state index in [9.17, 15) is 9.59 Å². The summed E-state index contributed by atoms with van der Waals surface area (Å²) in [4.78, 5) is 22.1. The maximum Gasteiger partial charge on any atom is 0.217 e. The summed E-state index contributed by atoms with van der Waals surface area (Å²) in [6, 6.07) is 8.67. The van der Waals surface area contributed by atoms with Gasteiger partial charge in [0.25, 0.3) is 0 Å². The Balaban J connectivity index is 2.89. The summed E-state index contributed by atoms with van der Waals surface area (Å²) >= 11 is 0. The molecule has 3 heteroatoms. The first-order chi connectivity index (χ1) is 6.61. The summed E-state index contributed by atoms with van der Waals surface area (Å²) in [6.07, 6.45) is 0. The normalized spacial score (nSPS) is 11.9. The average molecular weight is 191 g/mol. The molecular formula is C11H13NO2. The zero-order valence-corrected chi connectivity index (χ0v) is 8.28. The van der Waals surface area contributed by atoms with Crippen molar-refractivity contribution < 1.29 is 9.59 Å². The van der Waals surface area contributed by atoms with Crippen molar-refractivity contribution in [2.24, 2.45) is 0 Å². The Hall–Kier alpha value is -1.64. The van der Waals surface area contributed by atoms with Crippen LogP contribution in [0, 0.1) is 0 Å². The first-order valence-corrected chi connectivity index (χ1v) is 4.43. The highest BCUT2D eigenvalue weighted by molar-refractivity contribution is 5.87. The van der Waals surface area contributed by atoms with Crippen molar-refractivity contribution in [1.82, 2.24) is 5.32 Å². The highest BCUT2D eigenvalue weighted by atomic mass is 16.2. The van der Waals surface area contributed by atoms with Crippen molar-refractivity contribution >= 4 is 11.7 Å². The van der Waals surface area contributed by atoms with E-state index in [2.05, 4.69) is 5.32 Å². The van der Waals surface area contributed by atoms with Crippen LogP contribution in [0.4, 0.5) is 0 Å². The maximum absolute atomic E-state index is 11.3. The van der Waals surface area contributed by atoms with Crippen LogP contribution in [0.3, 0.4) is 0 Å². The van der Waals surface area contributed by atoms with Gasteiger partial charge in [0.15, 0.2) is 5.78 Å². The van der Waals surface area contributed by atoms with Gasteiger partial charge in [-0.15, -0.1) is 0 Å². The van der Waals surface area contributed by atoms with Gasteiger partial charge in [-0.25, -0.2) is 0 Å². The van der Waals surface area contributed by atoms with E-state index in [0.29, 0.717) is 0 Å². The molecular weight excluding hydrogens is 178 g/mol. The van der Waals surface area contributed by atoms with Crippen molar-refractivity contribution in [3.63, 3.8) is 0 Å². The third kappa shape index (κ3) is 2.69. The Morgan fingerprint density at radius 2 is 1.71 bits per heavy atom. The molecule has 0 saturated heterocycles. The topological polar surface area (TPSA) is 46.2 Å². The van der Waals surface area contributed by atoms with E-state index in [-0.39, 0.29) is 11.7 Å². The molecule has 0 bridgehead atoms. The lowest BCUT2D eigenvalue weighted by molar-refractivity contribution is -0.125. The minimum atomic E-state index is -0.520. The number of amides is 1. The van der Waals surface area contributed by atoms with Crippen molar-refractivity contribution in [2.75, 3.05) is 0 Å². The molecule has 0 radical (unpaired) electrons. The van der Waals surface area contributed by atoms with Crippen LogP contribution in [0.5, 0.6) is 0 Å². The lowest BCUT2D eigenvalue weighted by atomic mass is 10.0. The molecule has 1 aromatic rings. The molecule has 1 aromatic carbocycles. The van der Waals surface area contributed by atoms with Gasteiger partial charge in [0.1, 0.15) is 6.04 Å². The Morgan fingerprint density at radius 1 is 1.14 bits per heavy atom. The minimum Gasteiger partial charge on any atom is -0.342 e. The van der Waals surface area contributed by atoms with Crippen LogP contribution in [-0.4, -0.2) is 11.7 Å². The number of carbonyl (C=O) groups excluding carboxylic acids is 2. The number of benzene rings is 1. The van der Waals surface area contributed by atoms with Crippen LogP contribution >= 0.6 is 0 Å². The molecule has 74 valence electrons. The zero-order chi connectivity index (χ0) is 10.6. The number of carbonyl (C=O) groups is 2. The van der Waals surface area contributed by atoms with E-state index >= 15 is 0 Å². The first kappa shape index (κ1) is 10.4. The largest absolute Gasteiger partial charge is 0.342 e. The fourth-order valence-electron chi connectivity index (χ4n) is 1.27. The number of hydrogen-bond donors (Lipinski definition) is 1. The Morgan fingerprint density at radius 3 is 2.14 bits per heavy atom. The van der Waals surface area contributed by atoms with Gasteiger partial charge in [-0.2, -0.15) is 0 Å². The molecule has 0 spiro atoms. The summed E-state index contributed by atoms with van der Waals surface area (Å²) in [5.74, 6) is -0.263. The third-order valence-corrected chi connectivity index (χ3v) is 1.89. The number of hydrogen-bond acceptors (Lipinski definition) is 2. The van der Waals surface area contributed by atoms with Gasteiger partial charge in [0.2, 0.25) is 5.91 Å². The first-order valence-electron chi connectivity index (χ1n) is 4.43. The molecule has 1 amide bonds. The fraction of sp³-hybridized carbons (Fsp3) is 0.273. The van der Waals surface area contributed by atoms with E-state index in [1.165, 1.54) is 13.8 Å². The van der Waals surface area contributed by atoms with Gasteiger partial charge in [0, 0.05) is 6.92 Å². The van der Waals surface area contributed by atoms with E-state index in [4.69, 9.17) is 0 Å². The van der Waals surface area contributed by atoms with Crippen LogP contribution < -0.4 is 5.32 Å². The Bertz CT molecular complexity index is 332. The number of nitrogens with one attached hydrogen (secondary N) is 1. The minimum absolute atomic E-state index is 0.0635. The highest BCUT2D eigenvalue weighted by Crippen LogP contribution is 2.12. The monoisotopic (exact) mass is 191 g/mol. The molecule has 1 unspecified atom stereocenters. The zero-order valence-electron chi connectivity index (χ0n) is 8.28. The van der Waals surface area contributed by atoms with Gasteiger partial charge in [-0.3, -0.25) is 9.59 Å². The molecule has 0 aromatic heterocycles. The van der Waals surface area contributed by atoms with Gasteiger partial charge >= 0.3 is 0 Å². The Kier molecular flexibility index (Phi) is 3.40. The molecule has 0 aliphatic rings. The van der Waals surface area contributed by atoms with Crippen LogP contribution in [0.25, 0.3) is 0 Å². The third-order valence-electron chi connectivity index (χ3n) is 1.89. The van der Waals surface area contributed by atoms with Crippen LogP contribution in [0.15, 0.2) is 30.3 Å². The Labute approximate surface area is 83.1 Å². The quantitative estimate of drug-likeness (QED) is 0.786. The van der Waals surface area contributed by atoms with Crippen molar-refractivity contribution in [1.29, 1.82) is 0 Å². The number of rotatable bonds is 3. The molecule has 0 aliphatic heterocycles. The van der Waals surface area contributed by atoms with Crippen LogP contribution in [0.1, 0.15) is 25.5 Å². The lowest BCUT2D eigenvalue weighted by Crippen LogP contribution is -2.30. The average Bonchev–Trinajstić information content (AvgIpc) is 2.15. The molecule has 0 saturated carbocycles. The van der Waals surface area contributed by atoms with Gasteiger partial charge in [0.05, 0.1) is 0 Å². The molecule has 0 heterocycles. The molecule has 1 atom stereocenters. The van der Waals surface area contributed by atoms with Gasteiger partial charge < -0.3 is 5.32 Å². The summed E-state index contributed by atoms with van der Waals surface area (Å²) in [5.41, 5.74) is 0.815. The lowest BCUT2D eigenvalue weighted by Gasteiger charge is -2.14. The summed E-state index contributed by atoms with van der Waals surface area (Å²) < 4.78 is 0. The second-order valence-corrected chi connectivity index (χ2v) is 3.15. The number of ketones is 1. The van der Waals surface area contributed by atoms with Gasteiger partial charge in [-0.05, 0) is 12.5 Å². The highest BCUT2D eigenvalue weighted by Gasteiger charge is 2.16. The molecule has 3 nitrogen and oxygen atoms in total. The maximum atomic E-state index is 11.3. The van der Waals surface area contributed by atoms with Crippen LogP contribution in [-0.2, 0) is 9.59 Å². The van der Waals surface area contributed by atoms with E-state index in [0.717, 1.165) is 5.56 Å². The summed E-state index contributed by atoms with van der Waals surface area (Å²) in [5, 5.41) is 2.61. The van der Waals surface area contributed by atoms with Crippen LogP contribution in [0.2, 0.25) is 0 Å². The molecule has 1 rings (SSSR count). The smallest absolute Gasteiger partial charge is 0.217 e. The van der Waals surface area contributed by atoms with Gasteiger partial charge in [-0.1, -0.05) is 30.3 Å². The number of Topliss-reactive ketones (excluding diaryl/α,β-unsaturated/α-hetero) is 1. The van der Waals surface area contributed by atoms with Crippen molar-refractivity contribution in [3.05, 3.63) is 35.9 Å².